The summed E-state index contributed by atoms with van der Waals surface area (Å²) in [4.78, 5) is 11.1. The molecule has 0 amide bonds. The zero-order valence-corrected chi connectivity index (χ0v) is 7.10. The van der Waals surface area contributed by atoms with Crippen molar-refractivity contribution < 1.29 is 14.4 Å². The fourth-order valence-corrected chi connectivity index (χ4v) is 0.714. The fourth-order valence-electron chi connectivity index (χ4n) is 0.714. The summed E-state index contributed by atoms with van der Waals surface area (Å²) in [6.07, 6.45) is 4.31. The summed E-state index contributed by atoms with van der Waals surface area (Å²) < 4.78 is 4.96. The number of oxime groups is 1. The van der Waals surface area contributed by atoms with Crippen molar-refractivity contribution in [2.24, 2.45) is 5.16 Å². The second kappa shape index (κ2) is 4.25. The first-order valence-electron chi connectivity index (χ1n) is 3.68. The third-order valence-corrected chi connectivity index (χ3v) is 1.45. The molecule has 13 heavy (non-hydrogen) atoms. The standard InChI is InChI=1S/C9H9NO3/c1-7(10-12)9(11)5-4-8-3-2-6-13-8/h2-6,12H,1H3/b5-4+,10-7+. The second-order valence-electron chi connectivity index (χ2n) is 2.40. The molecule has 0 bridgehead atoms. The van der Waals surface area contributed by atoms with Gasteiger partial charge in [-0.15, -0.1) is 0 Å². The van der Waals surface area contributed by atoms with E-state index in [9.17, 15) is 4.79 Å². The molecule has 1 rings (SSSR count). The van der Waals surface area contributed by atoms with Crippen molar-refractivity contribution in [1.29, 1.82) is 0 Å². The third kappa shape index (κ3) is 2.59. The van der Waals surface area contributed by atoms with Crippen LogP contribution in [0, 0.1) is 0 Å². The summed E-state index contributed by atoms with van der Waals surface area (Å²) in [5.74, 6) is 0.234. The normalized spacial score (nSPS) is 12.2. The number of rotatable bonds is 3. The highest BCUT2D eigenvalue weighted by molar-refractivity contribution is 6.43. The molecule has 0 fully saturated rings. The molecule has 0 unspecified atom stereocenters. The van der Waals surface area contributed by atoms with Crippen LogP contribution in [0.1, 0.15) is 12.7 Å². The fraction of sp³-hybridized carbons (Fsp3) is 0.111. The van der Waals surface area contributed by atoms with Crippen molar-refractivity contribution in [3.05, 3.63) is 30.2 Å². The van der Waals surface area contributed by atoms with E-state index in [4.69, 9.17) is 9.62 Å². The van der Waals surface area contributed by atoms with Crippen molar-refractivity contribution in [2.75, 3.05) is 0 Å². The Morgan fingerprint density at radius 1 is 1.69 bits per heavy atom. The van der Waals surface area contributed by atoms with Gasteiger partial charge in [0.2, 0.25) is 5.78 Å². The van der Waals surface area contributed by atoms with Crippen molar-refractivity contribution in [3.63, 3.8) is 0 Å². The molecule has 0 aliphatic carbocycles. The smallest absolute Gasteiger partial charge is 0.203 e. The Morgan fingerprint density at radius 3 is 3.00 bits per heavy atom. The lowest BCUT2D eigenvalue weighted by atomic mass is 10.2. The molecule has 0 aliphatic rings. The number of ketones is 1. The first-order valence-corrected chi connectivity index (χ1v) is 3.68. The lowest BCUT2D eigenvalue weighted by Crippen LogP contribution is -2.05. The molecule has 4 heteroatoms. The van der Waals surface area contributed by atoms with E-state index < -0.39 is 0 Å². The van der Waals surface area contributed by atoms with Crippen LogP contribution in [0.3, 0.4) is 0 Å². The van der Waals surface area contributed by atoms with Crippen molar-refractivity contribution >= 4 is 17.6 Å². The van der Waals surface area contributed by atoms with Crippen LogP contribution in [-0.2, 0) is 4.79 Å². The Labute approximate surface area is 75.2 Å². The number of nitrogens with zero attached hydrogens (tertiary/aromatic N) is 1. The van der Waals surface area contributed by atoms with E-state index in [-0.39, 0.29) is 11.5 Å². The number of hydrogen-bond acceptors (Lipinski definition) is 4. The molecule has 68 valence electrons. The van der Waals surface area contributed by atoms with E-state index in [0.29, 0.717) is 5.76 Å². The van der Waals surface area contributed by atoms with Crippen molar-refractivity contribution in [1.82, 2.24) is 0 Å². The predicted molar refractivity (Wildman–Crippen MR) is 47.6 cm³/mol. The van der Waals surface area contributed by atoms with Crippen LogP contribution in [-0.4, -0.2) is 16.7 Å². The molecule has 1 aromatic rings. The van der Waals surface area contributed by atoms with E-state index in [1.807, 2.05) is 0 Å². The molecule has 1 heterocycles. The molecular formula is C9H9NO3. The van der Waals surface area contributed by atoms with Crippen LogP contribution in [0.5, 0.6) is 0 Å². The molecule has 0 spiro atoms. The maximum atomic E-state index is 11.1. The lowest BCUT2D eigenvalue weighted by Gasteiger charge is -1.87. The Kier molecular flexibility index (Phi) is 3.03. The first-order chi connectivity index (χ1) is 6.24. The topological polar surface area (TPSA) is 62.8 Å². The van der Waals surface area contributed by atoms with Gasteiger partial charge in [0.1, 0.15) is 11.5 Å². The number of hydrogen-bond donors (Lipinski definition) is 1. The van der Waals surface area contributed by atoms with Gasteiger partial charge in [-0.3, -0.25) is 4.79 Å². The molecule has 0 atom stereocenters. The van der Waals surface area contributed by atoms with Crippen LogP contribution < -0.4 is 0 Å². The Morgan fingerprint density at radius 2 is 2.46 bits per heavy atom. The van der Waals surface area contributed by atoms with E-state index in [0.717, 1.165) is 0 Å². The highest BCUT2D eigenvalue weighted by Gasteiger charge is 2.00. The van der Waals surface area contributed by atoms with Gasteiger partial charge >= 0.3 is 0 Å². The van der Waals surface area contributed by atoms with Crippen LogP contribution in [0.2, 0.25) is 0 Å². The van der Waals surface area contributed by atoms with E-state index >= 15 is 0 Å². The van der Waals surface area contributed by atoms with E-state index in [2.05, 4.69) is 5.16 Å². The van der Waals surface area contributed by atoms with Crippen molar-refractivity contribution in [2.45, 2.75) is 6.92 Å². The predicted octanol–water partition coefficient (Wildman–Crippen LogP) is 1.71. The Hall–Kier alpha value is -1.84. The zero-order chi connectivity index (χ0) is 9.68. The molecule has 0 saturated heterocycles. The minimum absolute atomic E-state index is 0.0443. The highest BCUT2D eigenvalue weighted by Crippen LogP contribution is 2.02. The van der Waals surface area contributed by atoms with Gasteiger partial charge in [-0.1, -0.05) is 5.16 Å². The molecule has 0 radical (unpaired) electrons. The van der Waals surface area contributed by atoms with Gasteiger partial charge in [-0.05, 0) is 31.2 Å². The average Bonchev–Trinajstić information content (AvgIpc) is 2.65. The van der Waals surface area contributed by atoms with Gasteiger partial charge in [0.15, 0.2) is 0 Å². The van der Waals surface area contributed by atoms with Gasteiger partial charge in [0.25, 0.3) is 0 Å². The maximum absolute atomic E-state index is 11.1. The van der Waals surface area contributed by atoms with E-state index in [1.54, 1.807) is 12.1 Å². The summed E-state index contributed by atoms with van der Waals surface area (Å²) in [7, 11) is 0. The number of carbonyl (C=O) groups is 1. The summed E-state index contributed by atoms with van der Waals surface area (Å²) in [6.45, 7) is 1.43. The monoisotopic (exact) mass is 179 g/mol. The Balaban J connectivity index is 2.64. The molecular weight excluding hydrogens is 170 g/mol. The molecule has 4 nitrogen and oxygen atoms in total. The quantitative estimate of drug-likeness (QED) is 0.332. The zero-order valence-electron chi connectivity index (χ0n) is 7.10. The van der Waals surface area contributed by atoms with Crippen molar-refractivity contribution in [3.8, 4) is 0 Å². The van der Waals surface area contributed by atoms with Crippen LogP contribution in [0.25, 0.3) is 6.08 Å². The van der Waals surface area contributed by atoms with E-state index in [1.165, 1.54) is 25.3 Å². The first kappa shape index (κ1) is 9.25. The van der Waals surface area contributed by atoms with Gasteiger partial charge in [0, 0.05) is 0 Å². The minimum Gasteiger partial charge on any atom is -0.465 e. The molecule has 0 aliphatic heterocycles. The van der Waals surface area contributed by atoms with Crippen LogP contribution in [0.4, 0.5) is 0 Å². The summed E-state index contributed by atoms with van der Waals surface area (Å²) >= 11 is 0. The minimum atomic E-state index is -0.348. The summed E-state index contributed by atoms with van der Waals surface area (Å²) in [5, 5.41) is 11.0. The number of carbonyl (C=O) groups excluding carboxylic acids is 1. The summed E-state index contributed by atoms with van der Waals surface area (Å²) in [6, 6.07) is 3.44. The average molecular weight is 179 g/mol. The van der Waals surface area contributed by atoms with Gasteiger partial charge in [0.05, 0.1) is 6.26 Å². The van der Waals surface area contributed by atoms with Gasteiger partial charge in [-0.25, -0.2) is 0 Å². The van der Waals surface area contributed by atoms with Gasteiger partial charge in [-0.2, -0.15) is 0 Å². The van der Waals surface area contributed by atoms with Crippen LogP contribution in [0.15, 0.2) is 34.0 Å². The SMILES string of the molecule is C/C(=N\O)C(=O)/C=C/c1ccco1. The van der Waals surface area contributed by atoms with Crippen LogP contribution >= 0.6 is 0 Å². The second-order valence-corrected chi connectivity index (χ2v) is 2.40. The Bertz CT molecular complexity index is 336. The molecule has 1 aromatic heterocycles. The lowest BCUT2D eigenvalue weighted by molar-refractivity contribution is -0.109. The third-order valence-electron chi connectivity index (χ3n) is 1.45. The highest BCUT2D eigenvalue weighted by atomic mass is 16.4. The van der Waals surface area contributed by atoms with Gasteiger partial charge < -0.3 is 9.62 Å². The number of allylic oxidation sites excluding steroid dienone is 1. The summed E-state index contributed by atoms with van der Waals surface area (Å²) in [5.41, 5.74) is 0.0443. The largest absolute Gasteiger partial charge is 0.465 e. The maximum Gasteiger partial charge on any atom is 0.203 e. The molecule has 0 aromatic carbocycles. The number of furan rings is 1. The molecule has 0 saturated carbocycles. The molecule has 1 N–H and O–H groups in total.